The van der Waals surface area contributed by atoms with Gasteiger partial charge in [0.2, 0.25) is 0 Å². The number of rotatable bonds is 2. The van der Waals surface area contributed by atoms with E-state index in [1.165, 1.54) is 16.7 Å². The fourth-order valence-corrected chi connectivity index (χ4v) is 2.49. The lowest BCUT2D eigenvalue weighted by Crippen LogP contribution is -1.98. The fraction of sp³-hybridized carbons (Fsp3) is 0.211. The number of benzene rings is 1. The molecule has 0 bridgehead atoms. The first-order valence-corrected chi connectivity index (χ1v) is 7.15. The van der Waals surface area contributed by atoms with Crippen molar-refractivity contribution < 1.29 is 0 Å². The molecule has 1 aromatic carbocycles. The second-order valence-corrected chi connectivity index (χ2v) is 5.51. The van der Waals surface area contributed by atoms with Crippen molar-refractivity contribution in [2.75, 3.05) is 0 Å². The average molecular weight is 261 g/mol. The topological polar surface area (TPSA) is 12.9 Å². The maximum atomic E-state index is 4.83. The van der Waals surface area contributed by atoms with Crippen molar-refractivity contribution in [2.45, 2.75) is 20.3 Å². The molecule has 3 rings (SSSR count). The summed E-state index contributed by atoms with van der Waals surface area (Å²) in [5.74, 6) is 0.636. The molecule has 1 nitrogen and oxygen atoms in total. The molecule has 1 atom stereocenters. The molecule has 20 heavy (non-hydrogen) atoms. The molecule has 0 N–H and O–H groups in total. The molecule has 1 aliphatic rings. The van der Waals surface area contributed by atoms with Gasteiger partial charge in [-0.3, -0.25) is 0 Å². The summed E-state index contributed by atoms with van der Waals surface area (Å²) in [4.78, 5) is 4.83. The number of hydrogen-bond donors (Lipinski definition) is 0. The molecule has 0 aliphatic heterocycles. The van der Waals surface area contributed by atoms with Crippen molar-refractivity contribution in [1.82, 2.24) is 4.98 Å². The smallest absolute Gasteiger partial charge is 0.0712 e. The van der Waals surface area contributed by atoms with Gasteiger partial charge in [-0.25, -0.2) is 4.98 Å². The van der Waals surface area contributed by atoms with E-state index in [4.69, 9.17) is 4.98 Å². The summed E-state index contributed by atoms with van der Waals surface area (Å²) in [6, 6.07) is 14.7. The van der Waals surface area contributed by atoms with E-state index in [9.17, 15) is 0 Å². The maximum absolute atomic E-state index is 4.83. The third-order valence-corrected chi connectivity index (χ3v) is 3.65. The van der Waals surface area contributed by atoms with Crippen molar-refractivity contribution in [2.24, 2.45) is 5.92 Å². The van der Waals surface area contributed by atoms with E-state index in [1.54, 1.807) is 0 Å². The quantitative estimate of drug-likeness (QED) is 0.738. The van der Waals surface area contributed by atoms with Crippen LogP contribution in [-0.4, -0.2) is 4.98 Å². The SMILES string of the molecule is Cc1cc(C2=CCC(C)C=C2)nc(-c2ccccc2)c1. The lowest BCUT2D eigenvalue weighted by atomic mass is 9.96. The van der Waals surface area contributed by atoms with Crippen molar-refractivity contribution in [3.05, 3.63) is 72.0 Å². The third-order valence-electron chi connectivity index (χ3n) is 3.65. The molecular formula is C19H19N. The summed E-state index contributed by atoms with van der Waals surface area (Å²) < 4.78 is 0. The predicted octanol–water partition coefficient (Wildman–Crippen LogP) is 5.04. The standard InChI is InChI=1S/C19H19N/c1-14-8-10-17(11-9-14)19-13-15(2)12-18(20-19)16-6-4-3-5-7-16/h3-8,10-14H,9H2,1-2H3. The van der Waals surface area contributed by atoms with Crippen LogP contribution in [0, 0.1) is 12.8 Å². The van der Waals surface area contributed by atoms with Gasteiger partial charge in [-0.1, -0.05) is 55.5 Å². The van der Waals surface area contributed by atoms with Crippen LogP contribution in [0.15, 0.2) is 60.7 Å². The van der Waals surface area contributed by atoms with Crippen LogP contribution in [0.25, 0.3) is 16.8 Å². The molecule has 0 radical (unpaired) electrons. The highest BCUT2D eigenvalue weighted by molar-refractivity contribution is 5.75. The van der Waals surface area contributed by atoms with Gasteiger partial charge < -0.3 is 0 Å². The van der Waals surface area contributed by atoms with Gasteiger partial charge in [-0.2, -0.15) is 0 Å². The second kappa shape index (κ2) is 5.46. The number of aryl methyl sites for hydroxylation is 1. The van der Waals surface area contributed by atoms with E-state index in [1.807, 2.05) is 6.07 Å². The molecule has 1 aromatic heterocycles. The van der Waals surface area contributed by atoms with Crippen molar-refractivity contribution >= 4 is 5.57 Å². The second-order valence-electron chi connectivity index (χ2n) is 5.51. The van der Waals surface area contributed by atoms with Crippen LogP contribution in [0.5, 0.6) is 0 Å². The molecule has 0 saturated heterocycles. The number of hydrogen-bond acceptors (Lipinski definition) is 1. The molecule has 0 amide bonds. The Labute approximate surface area is 120 Å². The van der Waals surface area contributed by atoms with Crippen LogP contribution in [-0.2, 0) is 0 Å². The summed E-state index contributed by atoms with van der Waals surface area (Å²) in [5, 5.41) is 0. The van der Waals surface area contributed by atoms with Crippen LogP contribution in [0.2, 0.25) is 0 Å². The Balaban J connectivity index is 2.02. The number of nitrogens with zero attached hydrogens (tertiary/aromatic N) is 1. The fourth-order valence-electron chi connectivity index (χ4n) is 2.49. The van der Waals surface area contributed by atoms with E-state index in [-0.39, 0.29) is 0 Å². The first kappa shape index (κ1) is 12.9. The third kappa shape index (κ3) is 2.72. The Bertz CT molecular complexity index is 665. The van der Waals surface area contributed by atoms with E-state index in [0.29, 0.717) is 5.92 Å². The van der Waals surface area contributed by atoms with Crippen LogP contribution >= 0.6 is 0 Å². The van der Waals surface area contributed by atoms with Gasteiger partial charge >= 0.3 is 0 Å². The number of aromatic nitrogens is 1. The van der Waals surface area contributed by atoms with Gasteiger partial charge in [-0.05, 0) is 42.5 Å². The van der Waals surface area contributed by atoms with Crippen LogP contribution < -0.4 is 0 Å². The summed E-state index contributed by atoms with van der Waals surface area (Å²) in [5.41, 5.74) is 5.79. The highest BCUT2D eigenvalue weighted by Crippen LogP contribution is 2.26. The molecule has 100 valence electrons. The Kier molecular flexibility index (Phi) is 3.51. The normalized spacial score (nSPS) is 17.9. The molecule has 1 aliphatic carbocycles. The minimum atomic E-state index is 0.636. The Morgan fingerprint density at radius 3 is 2.50 bits per heavy atom. The summed E-state index contributed by atoms with van der Waals surface area (Å²) in [6.07, 6.45) is 7.86. The largest absolute Gasteiger partial charge is 0.248 e. The van der Waals surface area contributed by atoms with Gasteiger partial charge in [0, 0.05) is 5.56 Å². The van der Waals surface area contributed by atoms with Gasteiger partial charge in [0.25, 0.3) is 0 Å². The van der Waals surface area contributed by atoms with Gasteiger partial charge in [0.15, 0.2) is 0 Å². The van der Waals surface area contributed by atoms with Crippen LogP contribution in [0.1, 0.15) is 24.6 Å². The first-order chi connectivity index (χ1) is 9.72. The van der Waals surface area contributed by atoms with Gasteiger partial charge in [0.05, 0.1) is 11.4 Å². The van der Waals surface area contributed by atoms with Gasteiger partial charge in [-0.15, -0.1) is 0 Å². The molecule has 1 unspecified atom stereocenters. The molecular weight excluding hydrogens is 242 g/mol. The number of pyridine rings is 1. The number of allylic oxidation sites excluding steroid dienone is 4. The lowest BCUT2D eigenvalue weighted by Gasteiger charge is -2.13. The van der Waals surface area contributed by atoms with Crippen molar-refractivity contribution in [3.8, 4) is 11.3 Å². The highest BCUT2D eigenvalue weighted by atomic mass is 14.7. The summed E-state index contributed by atoms with van der Waals surface area (Å²) >= 11 is 0. The molecule has 0 fully saturated rings. The van der Waals surface area contributed by atoms with Crippen LogP contribution in [0.4, 0.5) is 0 Å². The van der Waals surface area contributed by atoms with Crippen molar-refractivity contribution in [1.29, 1.82) is 0 Å². The van der Waals surface area contributed by atoms with E-state index >= 15 is 0 Å². The summed E-state index contributed by atoms with van der Waals surface area (Å²) in [7, 11) is 0. The van der Waals surface area contributed by atoms with E-state index in [2.05, 4.69) is 68.5 Å². The predicted molar refractivity (Wildman–Crippen MR) is 85.3 cm³/mol. The first-order valence-electron chi connectivity index (χ1n) is 7.15. The Hall–Kier alpha value is -2.15. The minimum absolute atomic E-state index is 0.636. The van der Waals surface area contributed by atoms with E-state index in [0.717, 1.165) is 17.8 Å². The average Bonchev–Trinajstić information content (AvgIpc) is 2.48. The Morgan fingerprint density at radius 1 is 1.05 bits per heavy atom. The maximum Gasteiger partial charge on any atom is 0.0712 e. The Morgan fingerprint density at radius 2 is 1.80 bits per heavy atom. The molecule has 0 spiro atoms. The van der Waals surface area contributed by atoms with Gasteiger partial charge in [0.1, 0.15) is 0 Å². The minimum Gasteiger partial charge on any atom is -0.248 e. The molecule has 0 saturated carbocycles. The molecule has 1 heterocycles. The van der Waals surface area contributed by atoms with Crippen LogP contribution in [0.3, 0.4) is 0 Å². The highest BCUT2D eigenvalue weighted by Gasteiger charge is 2.09. The summed E-state index contributed by atoms with van der Waals surface area (Å²) in [6.45, 7) is 4.37. The van der Waals surface area contributed by atoms with Crippen molar-refractivity contribution in [3.63, 3.8) is 0 Å². The zero-order chi connectivity index (χ0) is 13.9. The lowest BCUT2D eigenvalue weighted by molar-refractivity contribution is 0.738. The zero-order valence-electron chi connectivity index (χ0n) is 12.0. The molecule has 2 aromatic rings. The molecule has 1 heteroatoms. The zero-order valence-corrected chi connectivity index (χ0v) is 12.0. The van der Waals surface area contributed by atoms with E-state index < -0.39 is 0 Å². The monoisotopic (exact) mass is 261 g/mol.